The van der Waals surface area contributed by atoms with Crippen LogP contribution in [0.25, 0.3) is 0 Å². The third kappa shape index (κ3) is 2.77. The van der Waals surface area contributed by atoms with E-state index in [0.29, 0.717) is 23.6 Å². The maximum Gasteiger partial charge on any atom is 0.168 e. The molecule has 0 amide bonds. The average Bonchev–Trinajstić information content (AvgIpc) is 2.94. The first-order valence-electron chi connectivity index (χ1n) is 7.34. The van der Waals surface area contributed by atoms with Gasteiger partial charge in [0.1, 0.15) is 5.75 Å². The minimum absolute atomic E-state index is 0.00635. The van der Waals surface area contributed by atoms with Crippen molar-refractivity contribution in [1.29, 1.82) is 0 Å². The highest BCUT2D eigenvalue weighted by atomic mass is 32.2. The van der Waals surface area contributed by atoms with E-state index in [2.05, 4.69) is 0 Å². The van der Waals surface area contributed by atoms with Crippen LogP contribution in [0.15, 0.2) is 18.2 Å². The molecule has 5 heteroatoms. The maximum absolute atomic E-state index is 12.8. The Balaban J connectivity index is 1.82. The summed E-state index contributed by atoms with van der Waals surface area (Å²) in [6.07, 6.45) is 2.65. The topological polar surface area (TPSA) is 61.5 Å². The van der Waals surface area contributed by atoms with Crippen molar-refractivity contribution in [3.63, 3.8) is 0 Å². The van der Waals surface area contributed by atoms with Crippen LogP contribution in [0.2, 0.25) is 0 Å². The van der Waals surface area contributed by atoms with Gasteiger partial charge in [0.15, 0.2) is 5.78 Å². The van der Waals surface area contributed by atoms with E-state index in [1.165, 1.54) is 0 Å². The number of nitrogens with two attached hydrogens (primary N) is 1. The lowest BCUT2D eigenvalue weighted by Gasteiger charge is -2.37. The quantitative estimate of drug-likeness (QED) is 0.687. The fourth-order valence-electron chi connectivity index (χ4n) is 3.27. The number of benzene rings is 1. The Morgan fingerprint density at radius 3 is 3.10 bits per heavy atom. The fourth-order valence-corrected chi connectivity index (χ4v) is 4.65. The van der Waals surface area contributed by atoms with Crippen LogP contribution < -0.4 is 10.5 Å². The van der Waals surface area contributed by atoms with Gasteiger partial charge in [-0.1, -0.05) is 6.07 Å². The monoisotopic (exact) mass is 307 g/mol. The first-order chi connectivity index (χ1) is 10.2. The minimum atomic E-state index is -0.0864. The molecule has 2 N–H and O–H groups in total. The Labute approximate surface area is 129 Å². The predicted molar refractivity (Wildman–Crippen MR) is 85.1 cm³/mol. The molecular weight excluding hydrogens is 286 g/mol. The van der Waals surface area contributed by atoms with Crippen LogP contribution in [0.4, 0.5) is 5.69 Å². The van der Waals surface area contributed by atoms with Crippen LogP contribution in [0.3, 0.4) is 0 Å². The highest BCUT2D eigenvalue weighted by molar-refractivity contribution is 7.99. The Morgan fingerprint density at radius 2 is 2.38 bits per heavy atom. The van der Waals surface area contributed by atoms with Crippen LogP contribution in [0.1, 0.15) is 29.6 Å². The molecule has 3 rings (SSSR count). The van der Waals surface area contributed by atoms with Crippen molar-refractivity contribution in [2.24, 2.45) is 5.92 Å². The van der Waals surface area contributed by atoms with Crippen LogP contribution in [-0.4, -0.2) is 36.6 Å². The summed E-state index contributed by atoms with van der Waals surface area (Å²) in [7, 11) is 1.57. The van der Waals surface area contributed by atoms with Crippen molar-refractivity contribution < 1.29 is 14.3 Å². The summed E-state index contributed by atoms with van der Waals surface area (Å²) in [6.45, 7) is 0.667. The molecule has 0 aromatic heterocycles. The number of hydrogen-bond acceptors (Lipinski definition) is 5. The molecule has 1 aromatic carbocycles. The summed E-state index contributed by atoms with van der Waals surface area (Å²) in [4.78, 5) is 12.8. The molecule has 2 unspecified atom stereocenters. The molecule has 2 fully saturated rings. The summed E-state index contributed by atoms with van der Waals surface area (Å²) < 4.78 is 11.2. The zero-order valence-corrected chi connectivity index (χ0v) is 13.1. The summed E-state index contributed by atoms with van der Waals surface area (Å²) in [6, 6.07) is 5.40. The minimum Gasteiger partial charge on any atom is -0.495 e. The summed E-state index contributed by atoms with van der Waals surface area (Å²) in [5.74, 6) is 2.84. The number of anilines is 1. The van der Waals surface area contributed by atoms with Crippen LogP contribution >= 0.6 is 11.8 Å². The molecule has 1 spiro atoms. The number of nitrogen functional groups attached to an aromatic ring is 1. The van der Waals surface area contributed by atoms with Gasteiger partial charge in [0.25, 0.3) is 0 Å². The second-order valence-corrected chi connectivity index (χ2v) is 6.91. The molecular formula is C16H21NO3S. The molecule has 1 aromatic rings. The van der Waals surface area contributed by atoms with Gasteiger partial charge in [0, 0.05) is 23.8 Å². The third-order valence-electron chi connectivity index (χ3n) is 4.48. The Bertz CT molecular complexity index is 540. The highest BCUT2D eigenvalue weighted by Gasteiger charge is 2.42. The molecule has 114 valence electrons. The van der Waals surface area contributed by atoms with Gasteiger partial charge in [-0.2, -0.15) is 11.8 Å². The number of hydrogen-bond donors (Lipinski definition) is 1. The third-order valence-corrected chi connectivity index (χ3v) is 5.71. The van der Waals surface area contributed by atoms with E-state index in [4.69, 9.17) is 15.2 Å². The molecule has 21 heavy (non-hydrogen) atoms. The molecule has 2 aliphatic rings. The van der Waals surface area contributed by atoms with Crippen molar-refractivity contribution in [1.82, 2.24) is 0 Å². The van der Waals surface area contributed by atoms with Crippen LogP contribution in [-0.2, 0) is 4.74 Å². The molecule has 2 saturated heterocycles. The van der Waals surface area contributed by atoms with Crippen molar-refractivity contribution >= 4 is 23.2 Å². The zero-order valence-electron chi connectivity index (χ0n) is 12.3. The molecule has 2 heterocycles. The standard InChI is InChI=1S/C16H21NO3S/c1-19-13-4-2-3-12(14(13)17)15(18)11-5-7-20-16(9-11)6-8-21-10-16/h2-4,11H,5-10,17H2,1H3. The number of para-hydroxylation sites is 1. The molecule has 0 bridgehead atoms. The molecule has 0 radical (unpaired) electrons. The second kappa shape index (κ2) is 5.89. The van der Waals surface area contributed by atoms with Gasteiger partial charge in [0.05, 0.1) is 18.4 Å². The number of thioether (sulfide) groups is 1. The van der Waals surface area contributed by atoms with E-state index in [0.717, 1.165) is 30.8 Å². The van der Waals surface area contributed by atoms with E-state index in [9.17, 15) is 4.79 Å². The number of rotatable bonds is 3. The summed E-state index contributed by atoms with van der Waals surface area (Å²) in [5.41, 5.74) is 7.01. The lowest BCUT2D eigenvalue weighted by molar-refractivity contribution is -0.0734. The molecule has 0 saturated carbocycles. The van der Waals surface area contributed by atoms with Crippen molar-refractivity contribution in [3.05, 3.63) is 23.8 Å². The van der Waals surface area contributed by atoms with Crippen molar-refractivity contribution in [2.45, 2.75) is 24.9 Å². The first-order valence-corrected chi connectivity index (χ1v) is 8.49. The average molecular weight is 307 g/mol. The largest absolute Gasteiger partial charge is 0.495 e. The van der Waals surface area contributed by atoms with Crippen LogP contribution in [0, 0.1) is 5.92 Å². The van der Waals surface area contributed by atoms with Crippen molar-refractivity contribution in [3.8, 4) is 5.75 Å². The van der Waals surface area contributed by atoms with E-state index < -0.39 is 0 Å². The zero-order chi connectivity index (χ0) is 14.9. The van der Waals surface area contributed by atoms with E-state index >= 15 is 0 Å². The summed E-state index contributed by atoms with van der Waals surface area (Å²) in [5, 5.41) is 0. The number of carbonyl (C=O) groups excluding carboxylic acids is 1. The van der Waals surface area contributed by atoms with Gasteiger partial charge in [-0.25, -0.2) is 0 Å². The highest BCUT2D eigenvalue weighted by Crippen LogP contribution is 2.41. The van der Waals surface area contributed by atoms with E-state index in [1.807, 2.05) is 17.8 Å². The SMILES string of the molecule is COc1cccc(C(=O)C2CCOC3(CCSC3)C2)c1N. The lowest BCUT2D eigenvalue weighted by Crippen LogP contribution is -2.42. The number of methoxy groups -OCH3 is 1. The van der Waals surface area contributed by atoms with Gasteiger partial charge in [0.2, 0.25) is 0 Å². The van der Waals surface area contributed by atoms with Crippen molar-refractivity contribution in [2.75, 3.05) is 31.0 Å². The van der Waals surface area contributed by atoms with Gasteiger partial charge < -0.3 is 15.2 Å². The van der Waals surface area contributed by atoms with Gasteiger partial charge in [-0.3, -0.25) is 4.79 Å². The Kier molecular flexibility index (Phi) is 4.13. The van der Waals surface area contributed by atoms with Gasteiger partial charge in [-0.05, 0) is 37.1 Å². The fraction of sp³-hybridized carbons (Fsp3) is 0.562. The number of ketones is 1. The summed E-state index contributed by atoms with van der Waals surface area (Å²) >= 11 is 1.92. The van der Waals surface area contributed by atoms with Gasteiger partial charge in [-0.15, -0.1) is 0 Å². The Morgan fingerprint density at radius 1 is 1.52 bits per heavy atom. The number of carbonyl (C=O) groups is 1. The normalized spacial score (nSPS) is 28.7. The molecule has 4 nitrogen and oxygen atoms in total. The maximum atomic E-state index is 12.8. The van der Waals surface area contributed by atoms with E-state index in [-0.39, 0.29) is 17.3 Å². The number of Topliss-reactive ketones (excluding diaryl/α,β-unsaturated/α-hetero) is 1. The van der Waals surface area contributed by atoms with Crippen LogP contribution in [0.5, 0.6) is 5.75 Å². The van der Waals surface area contributed by atoms with Gasteiger partial charge >= 0.3 is 0 Å². The second-order valence-electron chi connectivity index (χ2n) is 5.81. The smallest absolute Gasteiger partial charge is 0.168 e. The lowest BCUT2D eigenvalue weighted by atomic mass is 9.81. The molecule has 2 atom stereocenters. The Hall–Kier alpha value is -1.20. The molecule has 0 aliphatic carbocycles. The predicted octanol–water partition coefficient (Wildman–Crippen LogP) is 2.76. The molecule has 2 aliphatic heterocycles. The number of ether oxygens (including phenoxy) is 2. The van der Waals surface area contributed by atoms with E-state index in [1.54, 1.807) is 19.2 Å². The first kappa shape index (κ1) is 14.7.